The third kappa shape index (κ3) is 4.17. The van der Waals surface area contributed by atoms with Gasteiger partial charge in [-0.3, -0.25) is 0 Å². The number of ether oxygens (including phenoxy) is 3. The molecule has 4 nitrogen and oxygen atoms in total. The monoisotopic (exact) mass is 444 g/mol. The first-order chi connectivity index (χ1) is 13.5. The zero-order valence-electron chi connectivity index (χ0n) is 15.4. The van der Waals surface area contributed by atoms with Crippen LogP contribution in [0.2, 0.25) is 0 Å². The van der Waals surface area contributed by atoms with Gasteiger partial charge in [0.25, 0.3) is 0 Å². The smallest absolute Gasteiger partial charge is 0.347 e. The molecule has 3 aromatic rings. The first kappa shape index (κ1) is 19.9. The Balaban J connectivity index is 2.03. The van der Waals surface area contributed by atoms with Gasteiger partial charge in [-0.25, -0.2) is 9.18 Å². The number of para-hydroxylation sites is 1. The molecular weight excluding hydrogens is 427 g/mol. The summed E-state index contributed by atoms with van der Waals surface area (Å²) in [5.74, 6) is -1.08. The van der Waals surface area contributed by atoms with Gasteiger partial charge in [0.1, 0.15) is 17.9 Å². The zero-order valence-corrected chi connectivity index (χ0v) is 17.0. The number of halogens is 2. The summed E-state index contributed by atoms with van der Waals surface area (Å²) in [6, 6.07) is 18.0. The number of methoxy groups -OCH3 is 1. The Morgan fingerprint density at radius 3 is 2.21 bits per heavy atom. The van der Waals surface area contributed by atoms with Gasteiger partial charge in [0.05, 0.1) is 11.6 Å². The lowest BCUT2D eigenvalue weighted by molar-refractivity contribution is 0.0727. The average Bonchev–Trinajstić information content (AvgIpc) is 2.72. The topological polar surface area (TPSA) is 44.8 Å². The molecule has 3 rings (SSSR count). The minimum absolute atomic E-state index is 0.00508. The quantitative estimate of drug-likeness (QED) is 0.361. The molecular formula is C22H18BrFO4. The lowest BCUT2D eigenvalue weighted by Gasteiger charge is -2.18. The second-order valence-corrected chi connectivity index (χ2v) is 6.76. The van der Waals surface area contributed by atoms with Crippen molar-refractivity contribution in [2.24, 2.45) is 0 Å². The van der Waals surface area contributed by atoms with Gasteiger partial charge in [-0.1, -0.05) is 48.5 Å². The maximum Gasteiger partial charge on any atom is 0.347 e. The molecule has 0 saturated heterocycles. The van der Waals surface area contributed by atoms with Crippen LogP contribution in [0.25, 0.3) is 0 Å². The third-order valence-corrected chi connectivity index (χ3v) is 5.06. The van der Waals surface area contributed by atoms with Crippen LogP contribution in [0.15, 0.2) is 65.1 Å². The Morgan fingerprint density at radius 1 is 1.00 bits per heavy atom. The number of hydrogen-bond donors (Lipinski definition) is 0. The van der Waals surface area contributed by atoms with E-state index in [1.54, 1.807) is 31.2 Å². The number of hydrogen-bond acceptors (Lipinski definition) is 4. The van der Waals surface area contributed by atoms with Gasteiger partial charge >= 0.3 is 5.97 Å². The van der Waals surface area contributed by atoms with Gasteiger partial charge in [-0.15, -0.1) is 0 Å². The van der Waals surface area contributed by atoms with Crippen molar-refractivity contribution in [3.8, 4) is 17.2 Å². The number of carbonyl (C=O) groups excluding carboxylic acids is 1. The standard InChI is InChI=1S/C22H18BrFO4/c1-14-17(22(25)28-16-11-7-4-8-12-16)20(21(26-2)19(24)18(14)23)27-13-15-9-5-3-6-10-15/h3-12H,13H2,1-2H3. The molecule has 0 N–H and O–H groups in total. The van der Waals surface area contributed by atoms with Gasteiger partial charge in [0.15, 0.2) is 17.3 Å². The molecule has 0 aliphatic rings. The molecule has 0 radical (unpaired) electrons. The summed E-state index contributed by atoms with van der Waals surface area (Å²) in [5, 5.41) is 0. The molecule has 28 heavy (non-hydrogen) atoms. The van der Waals surface area contributed by atoms with E-state index in [-0.39, 0.29) is 28.1 Å². The SMILES string of the molecule is COc1c(F)c(Br)c(C)c(C(=O)Oc2ccccc2)c1OCc1ccccc1. The van der Waals surface area contributed by atoms with Crippen molar-refractivity contribution < 1.29 is 23.4 Å². The molecule has 0 atom stereocenters. The fourth-order valence-corrected chi connectivity index (χ4v) is 3.08. The number of esters is 1. The van der Waals surface area contributed by atoms with E-state index in [4.69, 9.17) is 14.2 Å². The second kappa shape index (κ2) is 8.89. The molecule has 0 saturated carbocycles. The molecule has 0 aliphatic heterocycles. The molecule has 6 heteroatoms. The Kier molecular flexibility index (Phi) is 6.31. The van der Waals surface area contributed by atoms with Crippen LogP contribution in [0.4, 0.5) is 4.39 Å². The number of benzene rings is 3. The summed E-state index contributed by atoms with van der Waals surface area (Å²) in [6.07, 6.45) is 0. The van der Waals surface area contributed by atoms with Gasteiger partial charge in [-0.2, -0.15) is 0 Å². The minimum atomic E-state index is -0.661. The van der Waals surface area contributed by atoms with E-state index in [2.05, 4.69) is 15.9 Å². The summed E-state index contributed by atoms with van der Waals surface area (Å²) in [7, 11) is 1.32. The number of carbonyl (C=O) groups is 1. The Hall–Kier alpha value is -2.86. The van der Waals surface area contributed by atoms with Crippen molar-refractivity contribution in [2.75, 3.05) is 7.11 Å². The van der Waals surface area contributed by atoms with Gasteiger partial charge in [0, 0.05) is 0 Å². The van der Waals surface area contributed by atoms with Crippen LogP contribution >= 0.6 is 15.9 Å². The molecule has 0 unspecified atom stereocenters. The van der Waals surface area contributed by atoms with Crippen LogP contribution in [0.3, 0.4) is 0 Å². The molecule has 0 heterocycles. The van der Waals surface area contributed by atoms with Crippen molar-refractivity contribution in [2.45, 2.75) is 13.5 Å². The molecule has 0 aliphatic carbocycles. The minimum Gasteiger partial charge on any atom is -0.490 e. The molecule has 0 bridgehead atoms. The normalized spacial score (nSPS) is 10.4. The third-order valence-electron chi connectivity index (χ3n) is 4.12. The molecule has 0 amide bonds. The fraction of sp³-hybridized carbons (Fsp3) is 0.136. The van der Waals surface area contributed by atoms with Gasteiger partial charge in [0.2, 0.25) is 0 Å². The van der Waals surface area contributed by atoms with E-state index in [1.165, 1.54) is 7.11 Å². The molecule has 144 valence electrons. The van der Waals surface area contributed by atoms with Crippen LogP contribution in [0.1, 0.15) is 21.5 Å². The highest BCUT2D eigenvalue weighted by Crippen LogP contribution is 2.42. The first-order valence-electron chi connectivity index (χ1n) is 8.52. The molecule has 3 aromatic carbocycles. The molecule has 0 spiro atoms. The molecule has 0 aromatic heterocycles. The van der Waals surface area contributed by atoms with E-state index in [9.17, 15) is 9.18 Å². The Morgan fingerprint density at radius 2 is 1.61 bits per heavy atom. The summed E-state index contributed by atoms with van der Waals surface area (Å²) < 4.78 is 31.3. The lowest BCUT2D eigenvalue weighted by Crippen LogP contribution is -2.15. The van der Waals surface area contributed by atoms with Crippen LogP contribution in [-0.4, -0.2) is 13.1 Å². The van der Waals surface area contributed by atoms with E-state index in [0.717, 1.165) is 5.56 Å². The van der Waals surface area contributed by atoms with E-state index < -0.39 is 11.8 Å². The summed E-state index contributed by atoms with van der Waals surface area (Å²) in [5.41, 5.74) is 1.33. The summed E-state index contributed by atoms with van der Waals surface area (Å²) >= 11 is 3.19. The maximum atomic E-state index is 14.7. The summed E-state index contributed by atoms with van der Waals surface area (Å²) in [4.78, 5) is 12.9. The van der Waals surface area contributed by atoms with Crippen molar-refractivity contribution >= 4 is 21.9 Å². The van der Waals surface area contributed by atoms with E-state index in [0.29, 0.717) is 11.3 Å². The van der Waals surface area contributed by atoms with E-state index >= 15 is 0 Å². The van der Waals surface area contributed by atoms with Gasteiger partial charge < -0.3 is 14.2 Å². The Labute approximate surface area is 171 Å². The highest BCUT2D eigenvalue weighted by Gasteiger charge is 2.28. The van der Waals surface area contributed by atoms with Crippen LogP contribution in [-0.2, 0) is 6.61 Å². The molecule has 0 fully saturated rings. The first-order valence-corrected chi connectivity index (χ1v) is 9.31. The van der Waals surface area contributed by atoms with Crippen LogP contribution in [0.5, 0.6) is 17.2 Å². The van der Waals surface area contributed by atoms with Crippen molar-refractivity contribution in [3.05, 3.63) is 87.6 Å². The van der Waals surface area contributed by atoms with Crippen molar-refractivity contribution in [1.29, 1.82) is 0 Å². The zero-order chi connectivity index (χ0) is 20.1. The van der Waals surface area contributed by atoms with Crippen LogP contribution in [0, 0.1) is 12.7 Å². The lowest BCUT2D eigenvalue weighted by atomic mass is 10.1. The Bertz CT molecular complexity index is 975. The number of rotatable bonds is 6. The highest BCUT2D eigenvalue weighted by atomic mass is 79.9. The van der Waals surface area contributed by atoms with Crippen molar-refractivity contribution in [1.82, 2.24) is 0 Å². The largest absolute Gasteiger partial charge is 0.490 e. The van der Waals surface area contributed by atoms with Gasteiger partial charge in [-0.05, 0) is 46.1 Å². The highest BCUT2D eigenvalue weighted by molar-refractivity contribution is 9.10. The van der Waals surface area contributed by atoms with E-state index in [1.807, 2.05) is 36.4 Å². The fourth-order valence-electron chi connectivity index (χ4n) is 2.70. The van der Waals surface area contributed by atoms with Crippen LogP contribution < -0.4 is 14.2 Å². The average molecular weight is 445 g/mol. The summed E-state index contributed by atoms with van der Waals surface area (Å²) in [6.45, 7) is 1.76. The maximum absolute atomic E-state index is 14.7. The predicted octanol–water partition coefficient (Wildman–Crippen LogP) is 5.70. The van der Waals surface area contributed by atoms with Crippen molar-refractivity contribution in [3.63, 3.8) is 0 Å². The predicted molar refractivity (Wildman–Crippen MR) is 108 cm³/mol. The second-order valence-electron chi connectivity index (χ2n) is 5.97.